The van der Waals surface area contributed by atoms with Gasteiger partial charge in [-0.25, -0.2) is 4.98 Å². The fraction of sp³-hybridized carbons (Fsp3) is 0.200. The number of nitrogens with zero attached hydrogens (tertiary/aromatic N) is 1. The lowest BCUT2D eigenvalue weighted by molar-refractivity contribution is -0.123. The van der Waals surface area contributed by atoms with Crippen molar-refractivity contribution in [3.8, 4) is 0 Å². The van der Waals surface area contributed by atoms with Gasteiger partial charge in [0.25, 0.3) is 5.91 Å². The van der Waals surface area contributed by atoms with Crippen molar-refractivity contribution in [2.45, 2.75) is 6.92 Å². The molecule has 0 aromatic carbocycles. The summed E-state index contributed by atoms with van der Waals surface area (Å²) in [5, 5.41) is 9.29. The smallest absolute Gasteiger partial charge is 0.261 e. The van der Waals surface area contributed by atoms with Crippen LogP contribution in [-0.4, -0.2) is 35.8 Å². The molecule has 3 amide bonds. The molecular weight excluding hydrogens is 316 g/mol. The minimum atomic E-state index is -0.442. The van der Waals surface area contributed by atoms with Crippen LogP contribution in [0.25, 0.3) is 0 Å². The summed E-state index contributed by atoms with van der Waals surface area (Å²) >= 11 is 1.29. The van der Waals surface area contributed by atoms with E-state index in [1.165, 1.54) is 11.3 Å². The van der Waals surface area contributed by atoms with Crippen LogP contribution in [0.15, 0.2) is 35.8 Å². The molecule has 0 saturated heterocycles. The van der Waals surface area contributed by atoms with E-state index in [0.717, 1.165) is 5.56 Å². The molecule has 0 aliphatic heterocycles. The zero-order valence-corrected chi connectivity index (χ0v) is 13.3. The third kappa shape index (κ3) is 5.19. The molecule has 0 atom stereocenters. The quantitative estimate of drug-likeness (QED) is 0.733. The zero-order valence-electron chi connectivity index (χ0n) is 12.5. The lowest BCUT2D eigenvalue weighted by Crippen LogP contribution is -2.40. The molecule has 23 heavy (non-hydrogen) atoms. The molecule has 0 fully saturated rings. The molecule has 2 aromatic rings. The molecule has 2 heterocycles. The van der Waals surface area contributed by atoms with Gasteiger partial charge in [0.15, 0.2) is 0 Å². The summed E-state index contributed by atoms with van der Waals surface area (Å²) in [5.41, 5.74) is 0.829. The number of hydrogen-bond acceptors (Lipinski definition) is 5. The summed E-state index contributed by atoms with van der Waals surface area (Å²) in [5.74, 6) is -0.686. The summed E-state index contributed by atoms with van der Waals surface area (Å²) in [6.45, 7) is 1.44. The number of aromatic nitrogens is 1. The van der Waals surface area contributed by atoms with E-state index in [0.29, 0.717) is 10.7 Å². The van der Waals surface area contributed by atoms with E-state index in [9.17, 15) is 14.4 Å². The SMILES string of the molecule is Cc1cccnc1NC(=O)CNC(=O)CNC(=O)c1cccs1. The molecule has 3 N–H and O–H groups in total. The van der Waals surface area contributed by atoms with Gasteiger partial charge in [0.05, 0.1) is 18.0 Å². The second-order valence-corrected chi connectivity index (χ2v) is 5.60. The maximum absolute atomic E-state index is 11.7. The Morgan fingerprint density at radius 2 is 1.87 bits per heavy atom. The minimum Gasteiger partial charge on any atom is -0.345 e. The molecule has 8 heteroatoms. The van der Waals surface area contributed by atoms with Crippen LogP contribution in [0.1, 0.15) is 15.2 Å². The third-order valence-corrected chi connectivity index (χ3v) is 3.74. The van der Waals surface area contributed by atoms with Crippen LogP contribution in [0.5, 0.6) is 0 Å². The molecule has 0 bridgehead atoms. The molecule has 0 radical (unpaired) electrons. The van der Waals surface area contributed by atoms with Crippen LogP contribution >= 0.6 is 11.3 Å². The van der Waals surface area contributed by atoms with Crippen molar-refractivity contribution in [1.29, 1.82) is 0 Å². The number of pyridine rings is 1. The number of thiophene rings is 1. The van der Waals surface area contributed by atoms with Crippen LogP contribution < -0.4 is 16.0 Å². The summed E-state index contributed by atoms with van der Waals surface area (Å²) in [6.07, 6.45) is 1.57. The fourth-order valence-electron chi connectivity index (χ4n) is 1.69. The predicted molar refractivity (Wildman–Crippen MR) is 87.3 cm³/mol. The lowest BCUT2D eigenvalue weighted by Gasteiger charge is -2.08. The first-order valence-electron chi connectivity index (χ1n) is 6.86. The van der Waals surface area contributed by atoms with Crippen molar-refractivity contribution >= 4 is 34.9 Å². The molecular formula is C15H16N4O3S. The van der Waals surface area contributed by atoms with Crippen molar-refractivity contribution in [1.82, 2.24) is 15.6 Å². The summed E-state index contributed by atoms with van der Waals surface area (Å²) in [6, 6.07) is 7.01. The Morgan fingerprint density at radius 3 is 2.57 bits per heavy atom. The van der Waals surface area contributed by atoms with E-state index >= 15 is 0 Å². The number of amides is 3. The number of nitrogens with one attached hydrogen (secondary N) is 3. The van der Waals surface area contributed by atoms with Gasteiger partial charge in [-0.2, -0.15) is 0 Å². The topological polar surface area (TPSA) is 100 Å². The van der Waals surface area contributed by atoms with Crippen molar-refractivity contribution < 1.29 is 14.4 Å². The average Bonchev–Trinajstić information content (AvgIpc) is 3.07. The van der Waals surface area contributed by atoms with Gasteiger partial charge in [-0.1, -0.05) is 12.1 Å². The Balaban J connectivity index is 1.71. The number of aryl methyl sites for hydroxylation is 1. The first-order chi connectivity index (χ1) is 11.1. The second kappa shape index (κ2) is 8.04. The van der Waals surface area contributed by atoms with E-state index in [1.807, 2.05) is 13.0 Å². The predicted octanol–water partition coefficient (Wildman–Crippen LogP) is 0.936. The van der Waals surface area contributed by atoms with Crippen LogP contribution in [0.4, 0.5) is 5.82 Å². The Hall–Kier alpha value is -2.74. The fourth-order valence-corrected chi connectivity index (χ4v) is 2.33. The molecule has 2 aromatic heterocycles. The Morgan fingerprint density at radius 1 is 1.09 bits per heavy atom. The highest BCUT2D eigenvalue weighted by Gasteiger charge is 2.10. The minimum absolute atomic E-state index is 0.188. The van der Waals surface area contributed by atoms with Gasteiger partial charge >= 0.3 is 0 Å². The molecule has 0 aliphatic rings. The molecule has 7 nitrogen and oxygen atoms in total. The van der Waals surface area contributed by atoms with Crippen molar-refractivity contribution in [2.75, 3.05) is 18.4 Å². The Bertz CT molecular complexity index is 701. The van der Waals surface area contributed by atoms with Crippen LogP contribution in [0.3, 0.4) is 0 Å². The van der Waals surface area contributed by atoms with Crippen molar-refractivity contribution in [2.24, 2.45) is 0 Å². The number of anilines is 1. The highest BCUT2D eigenvalue weighted by molar-refractivity contribution is 7.12. The molecule has 0 unspecified atom stereocenters. The van der Waals surface area contributed by atoms with E-state index in [4.69, 9.17) is 0 Å². The van der Waals surface area contributed by atoms with E-state index < -0.39 is 5.91 Å². The van der Waals surface area contributed by atoms with Crippen molar-refractivity contribution in [3.63, 3.8) is 0 Å². The molecule has 2 rings (SSSR count). The maximum Gasteiger partial charge on any atom is 0.261 e. The molecule has 0 saturated carbocycles. The van der Waals surface area contributed by atoms with Gasteiger partial charge in [0, 0.05) is 6.20 Å². The third-order valence-electron chi connectivity index (χ3n) is 2.87. The zero-order chi connectivity index (χ0) is 16.7. The standard InChI is InChI=1S/C15H16N4O3S/c1-10-4-2-6-16-14(10)19-13(21)9-17-12(20)8-18-15(22)11-5-3-7-23-11/h2-7H,8-9H2,1H3,(H,17,20)(H,18,22)(H,16,19,21). The second-order valence-electron chi connectivity index (χ2n) is 4.65. The number of carbonyl (C=O) groups excluding carboxylic acids is 3. The lowest BCUT2D eigenvalue weighted by atomic mass is 10.3. The number of rotatable bonds is 6. The molecule has 0 aliphatic carbocycles. The largest absolute Gasteiger partial charge is 0.345 e. The normalized spacial score (nSPS) is 9.96. The van der Waals surface area contributed by atoms with Gasteiger partial charge in [-0.3, -0.25) is 14.4 Å². The monoisotopic (exact) mass is 332 g/mol. The van der Waals surface area contributed by atoms with E-state index in [2.05, 4.69) is 20.9 Å². The maximum atomic E-state index is 11.7. The summed E-state index contributed by atoms with van der Waals surface area (Å²) < 4.78 is 0. The van der Waals surface area contributed by atoms with Crippen LogP contribution in [-0.2, 0) is 9.59 Å². The highest BCUT2D eigenvalue weighted by Crippen LogP contribution is 2.08. The first-order valence-corrected chi connectivity index (χ1v) is 7.74. The van der Waals surface area contributed by atoms with Crippen molar-refractivity contribution in [3.05, 3.63) is 46.3 Å². The van der Waals surface area contributed by atoms with E-state index in [-0.39, 0.29) is 24.9 Å². The van der Waals surface area contributed by atoms with Gasteiger partial charge in [-0.05, 0) is 30.0 Å². The van der Waals surface area contributed by atoms with Crippen LogP contribution in [0.2, 0.25) is 0 Å². The van der Waals surface area contributed by atoms with Gasteiger partial charge < -0.3 is 16.0 Å². The van der Waals surface area contributed by atoms with Gasteiger partial charge in [0.1, 0.15) is 5.82 Å². The molecule has 120 valence electrons. The Kier molecular flexibility index (Phi) is 5.81. The highest BCUT2D eigenvalue weighted by atomic mass is 32.1. The van der Waals surface area contributed by atoms with Gasteiger partial charge in [0.2, 0.25) is 11.8 Å². The van der Waals surface area contributed by atoms with E-state index in [1.54, 1.807) is 29.8 Å². The van der Waals surface area contributed by atoms with Crippen LogP contribution in [0, 0.1) is 6.92 Å². The first kappa shape index (κ1) is 16.6. The number of hydrogen-bond donors (Lipinski definition) is 3. The Labute approximate surface area is 137 Å². The average molecular weight is 332 g/mol. The summed E-state index contributed by atoms with van der Waals surface area (Å²) in [4.78, 5) is 39.6. The number of carbonyl (C=O) groups is 3. The summed E-state index contributed by atoms with van der Waals surface area (Å²) in [7, 11) is 0. The van der Waals surface area contributed by atoms with Gasteiger partial charge in [-0.15, -0.1) is 11.3 Å². The molecule has 0 spiro atoms.